The SMILES string of the molecule is COC(=O)c1sc(C#CC(C)(C)C)cc1NC1CCN(C)CC1. The van der Waals surface area contributed by atoms with Crippen LogP contribution in [0.2, 0.25) is 0 Å². The molecule has 2 heterocycles. The Hall–Kier alpha value is -1.51. The molecule has 2 rings (SSSR count). The van der Waals surface area contributed by atoms with E-state index in [1.54, 1.807) is 0 Å². The molecule has 1 aromatic rings. The molecule has 1 saturated heterocycles. The maximum absolute atomic E-state index is 12.0. The molecule has 0 unspecified atom stereocenters. The number of anilines is 1. The van der Waals surface area contributed by atoms with Gasteiger partial charge in [0.25, 0.3) is 0 Å². The van der Waals surface area contributed by atoms with E-state index in [1.165, 1.54) is 18.4 Å². The number of carbonyl (C=O) groups is 1. The average molecular weight is 334 g/mol. The van der Waals surface area contributed by atoms with Crippen LogP contribution in [0.1, 0.15) is 48.2 Å². The standard InChI is InChI=1S/C18H26N2O2S/c1-18(2,3)9-6-14-12-15(16(23-14)17(21)22-5)19-13-7-10-20(4)11-8-13/h12-13,19H,7-8,10-11H2,1-5H3. The van der Waals surface area contributed by atoms with Gasteiger partial charge in [-0.25, -0.2) is 4.79 Å². The quantitative estimate of drug-likeness (QED) is 0.679. The monoisotopic (exact) mass is 334 g/mol. The Bertz CT molecular complexity index is 611. The minimum atomic E-state index is -0.297. The summed E-state index contributed by atoms with van der Waals surface area (Å²) in [6.45, 7) is 8.38. The van der Waals surface area contributed by atoms with Crippen molar-refractivity contribution in [3.8, 4) is 11.8 Å². The van der Waals surface area contributed by atoms with Gasteiger partial charge < -0.3 is 15.0 Å². The third-order valence-electron chi connectivity index (χ3n) is 3.74. The fourth-order valence-corrected chi connectivity index (χ4v) is 3.32. The van der Waals surface area contributed by atoms with E-state index in [-0.39, 0.29) is 11.4 Å². The predicted molar refractivity (Wildman–Crippen MR) is 96.1 cm³/mol. The first-order chi connectivity index (χ1) is 10.8. The largest absolute Gasteiger partial charge is 0.465 e. The van der Waals surface area contributed by atoms with E-state index in [0.717, 1.165) is 36.5 Å². The Balaban J connectivity index is 2.20. The zero-order valence-electron chi connectivity index (χ0n) is 14.7. The van der Waals surface area contributed by atoms with Gasteiger partial charge in [0.1, 0.15) is 4.88 Å². The molecule has 0 saturated carbocycles. The van der Waals surface area contributed by atoms with Crippen molar-refractivity contribution < 1.29 is 9.53 Å². The third kappa shape index (κ3) is 5.26. The summed E-state index contributed by atoms with van der Waals surface area (Å²) in [7, 11) is 3.56. The number of hydrogen-bond acceptors (Lipinski definition) is 5. The Labute approximate surface area is 143 Å². The summed E-state index contributed by atoms with van der Waals surface area (Å²) in [5.74, 6) is 6.10. The zero-order chi connectivity index (χ0) is 17.0. The molecular weight excluding hydrogens is 308 g/mol. The molecule has 0 spiro atoms. The van der Waals surface area contributed by atoms with Crippen LogP contribution in [-0.2, 0) is 4.74 Å². The molecule has 1 aromatic heterocycles. The van der Waals surface area contributed by atoms with Crippen molar-refractivity contribution in [3.63, 3.8) is 0 Å². The molecule has 0 atom stereocenters. The number of rotatable bonds is 3. The van der Waals surface area contributed by atoms with Gasteiger partial charge in [0, 0.05) is 11.5 Å². The molecule has 1 aliphatic rings. The lowest BCUT2D eigenvalue weighted by molar-refractivity contribution is 0.0607. The summed E-state index contributed by atoms with van der Waals surface area (Å²) < 4.78 is 4.92. The lowest BCUT2D eigenvalue weighted by Gasteiger charge is -2.30. The van der Waals surface area contributed by atoms with Crippen molar-refractivity contribution in [3.05, 3.63) is 15.8 Å². The number of methoxy groups -OCH3 is 1. The molecule has 1 N–H and O–H groups in total. The van der Waals surface area contributed by atoms with Gasteiger partial charge in [-0.3, -0.25) is 0 Å². The van der Waals surface area contributed by atoms with Gasteiger partial charge >= 0.3 is 5.97 Å². The molecule has 0 aromatic carbocycles. The third-order valence-corrected chi connectivity index (χ3v) is 4.77. The highest BCUT2D eigenvalue weighted by atomic mass is 32.1. The van der Waals surface area contributed by atoms with Crippen molar-refractivity contribution in [2.45, 2.75) is 39.7 Å². The number of thiophene rings is 1. The maximum Gasteiger partial charge on any atom is 0.350 e. The first-order valence-corrected chi connectivity index (χ1v) is 8.80. The van der Waals surface area contributed by atoms with Crippen LogP contribution in [0.25, 0.3) is 0 Å². The molecule has 1 aliphatic heterocycles. The summed E-state index contributed by atoms with van der Waals surface area (Å²) in [5.41, 5.74) is 0.798. The normalized spacial score (nSPS) is 16.6. The molecule has 0 amide bonds. The van der Waals surface area contributed by atoms with Gasteiger partial charge in [-0.05, 0) is 59.8 Å². The highest BCUT2D eigenvalue weighted by molar-refractivity contribution is 7.15. The molecule has 126 valence electrons. The van der Waals surface area contributed by atoms with Crippen LogP contribution in [-0.4, -0.2) is 44.2 Å². The van der Waals surface area contributed by atoms with E-state index < -0.39 is 0 Å². The number of carbonyl (C=O) groups excluding carboxylic acids is 1. The minimum Gasteiger partial charge on any atom is -0.465 e. The number of nitrogens with one attached hydrogen (secondary N) is 1. The van der Waals surface area contributed by atoms with Crippen molar-refractivity contribution in [1.82, 2.24) is 4.90 Å². The van der Waals surface area contributed by atoms with E-state index in [9.17, 15) is 4.79 Å². The summed E-state index contributed by atoms with van der Waals surface area (Å²) in [6.07, 6.45) is 2.16. The zero-order valence-corrected chi connectivity index (χ0v) is 15.5. The van der Waals surface area contributed by atoms with E-state index in [4.69, 9.17) is 4.74 Å². The Kier molecular flexibility index (Phi) is 5.72. The predicted octanol–water partition coefficient (Wildman–Crippen LogP) is 3.44. The Morgan fingerprint density at radius 2 is 2.04 bits per heavy atom. The number of nitrogens with zero attached hydrogens (tertiary/aromatic N) is 1. The molecule has 1 fully saturated rings. The van der Waals surface area contributed by atoms with Crippen molar-refractivity contribution >= 4 is 23.0 Å². The molecule has 0 aliphatic carbocycles. The molecule has 0 radical (unpaired) electrons. The van der Waals surface area contributed by atoms with E-state index in [2.05, 4.69) is 49.9 Å². The van der Waals surface area contributed by atoms with Crippen molar-refractivity contribution in [2.75, 3.05) is 32.6 Å². The summed E-state index contributed by atoms with van der Waals surface area (Å²) in [5, 5.41) is 3.52. The van der Waals surface area contributed by atoms with Crippen LogP contribution in [0.3, 0.4) is 0 Å². The number of likely N-dealkylation sites (tertiary alicyclic amines) is 1. The van der Waals surface area contributed by atoms with Gasteiger partial charge in [-0.1, -0.05) is 11.8 Å². The van der Waals surface area contributed by atoms with Crippen LogP contribution in [0.5, 0.6) is 0 Å². The highest BCUT2D eigenvalue weighted by Gasteiger charge is 2.21. The molecule has 0 bridgehead atoms. The summed E-state index contributed by atoms with van der Waals surface area (Å²) in [6, 6.07) is 2.38. The van der Waals surface area contributed by atoms with Crippen LogP contribution in [0.15, 0.2) is 6.07 Å². The topological polar surface area (TPSA) is 41.6 Å². The van der Waals surface area contributed by atoms with Gasteiger partial charge in [0.2, 0.25) is 0 Å². The van der Waals surface area contributed by atoms with Crippen LogP contribution in [0.4, 0.5) is 5.69 Å². The molecule has 23 heavy (non-hydrogen) atoms. The Morgan fingerprint density at radius 1 is 1.39 bits per heavy atom. The van der Waals surface area contributed by atoms with E-state index in [0.29, 0.717) is 10.9 Å². The number of hydrogen-bond donors (Lipinski definition) is 1. The Morgan fingerprint density at radius 3 is 2.61 bits per heavy atom. The maximum atomic E-state index is 12.0. The highest BCUT2D eigenvalue weighted by Crippen LogP contribution is 2.29. The van der Waals surface area contributed by atoms with E-state index >= 15 is 0 Å². The first-order valence-electron chi connectivity index (χ1n) is 7.99. The first kappa shape index (κ1) is 17.8. The summed E-state index contributed by atoms with van der Waals surface area (Å²) in [4.78, 5) is 15.9. The second-order valence-corrected chi connectivity index (χ2v) is 8.12. The summed E-state index contributed by atoms with van der Waals surface area (Å²) >= 11 is 1.40. The van der Waals surface area contributed by atoms with Crippen LogP contribution >= 0.6 is 11.3 Å². The van der Waals surface area contributed by atoms with Crippen molar-refractivity contribution in [2.24, 2.45) is 5.41 Å². The fraction of sp³-hybridized carbons (Fsp3) is 0.611. The van der Waals surface area contributed by atoms with Gasteiger partial charge in [0.05, 0.1) is 17.7 Å². The smallest absolute Gasteiger partial charge is 0.350 e. The fourth-order valence-electron chi connectivity index (χ4n) is 2.43. The van der Waals surface area contributed by atoms with Gasteiger partial charge in [-0.15, -0.1) is 11.3 Å². The second-order valence-electron chi connectivity index (χ2n) is 7.07. The number of piperidine rings is 1. The minimum absolute atomic E-state index is 0.0586. The second kappa shape index (κ2) is 7.37. The van der Waals surface area contributed by atoms with Crippen LogP contribution in [0, 0.1) is 17.3 Å². The average Bonchev–Trinajstić information content (AvgIpc) is 2.89. The lowest BCUT2D eigenvalue weighted by atomic mass is 9.98. The van der Waals surface area contributed by atoms with Crippen LogP contribution < -0.4 is 5.32 Å². The number of ether oxygens (including phenoxy) is 1. The van der Waals surface area contributed by atoms with E-state index in [1.807, 2.05) is 6.07 Å². The van der Waals surface area contributed by atoms with Gasteiger partial charge in [0.15, 0.2) is 0 Å². The lowest BCUT2D eigenvalue weighted by Crippen LogP contribution is -2.36. The van der Waals surface area contributed by atoms with Gasteiger partial charge in [-0.2, -0.15) is 0 Å². The number of esters is 1. The molecule has 5 heteroatoms. The molecule has 4 nitrogen and oxygen atoms in total. The molecular formula is C18H26N2O2S. The van der Waals surface area contributed by atoms with Crippen molar-refractivity contribution in [1.29, 1.82) is 0 Å².